The monoisotopic (exact) mass is 366 g/mol. The van der Waals surface area contributed by atoms with Crippen molar-refractivity contribution in [1.82, 2.24) is 0 Å². The van der Waals surface area contributed by atoms with Crippen LogP contribution in [0.4, 0.5) is 0 Å². The summed E-state index contributed by atoms with van der Waals surface area (Å²) >= 11 is 0. The van der Waals surface area contributed by atoms with Crippen molar-refractivity contribution in [1.29, 1.82) is 0 Å². The Morgan fingerprint density at radius 3 is 2.44 bits per heavy atom. The van der Waals surface area contributed by atoms with Crippen LogP contribution < -0.4 is 4.74 Å². The van der Waals surface area contributed by atoms with Gasteiger partial charge in [-0.25, -0.2) is 0 Å². The fraction of sp³-hybridized carbons (Fsp3) is 0.500. The number of methoxy groups -OCH3 is 1. The first-order valence-electron chi connectivity index (χ1n) is 10.00. The Hall–Kier alpha value is -1.84. The highest BCUT2D eigenvalue weighted by Gasteiger charge is 2.50. The van der Waals surface area contributed by atoms with Crippen LogP contribution in [0.1, 0.15) is 45.3 Å². The van der Waals surface area contributed by atoms with Crippen LogP contribution in [0.5, 0.6) is 5.75 Å². The molecule has 0 amide bonds. The van der Waals surface area contributed by atoms with Gasteiger partial charge in [0, 0.05) is 5.56 Å². The van der Waals surface area contributed by atoms with Gasteiger partial charge in [-0.3, -0.25) is 0 Å². The average molecular weight is 367 g/mol. The van der Waals surface area contributed by atoms with Crippen LogP contribution in [0.3, 0.4) is 0 Å². The fourth-order valence-electron chi connectivity index (χ4n) is 4.96. The zero-order chi connectivity index (χ0) is 19.2. The topological polar surface area (TPSA) is 38.7 Å². The van der Waals surface area contributed by atoms with E-state index in [1.807, 2.05) is 18.2 Å². The molecule has 1 aliphatic heterocycles. The van der Waals surface area contributed by atoms with Crippen LogP contribution in [0.15, 0.2) is 48.5 Å². The van der Waals surface area contributed by atoms with Gasteiger partial charge in [0.2, 0.25) is 0 Å². The molecule has 1 saturated heterocycles. The molecule has 4 rings (SSSR count). The second-order valence-electron chi connectivity index (χ2n) is 8.72. The van der Waals surface area contributed by atoms with Crippen LogP contribution in [0.25, 0.3) is 11.1 Å². The van der Waals surface area contributed by atoms with E-state index in [0.717, 1.165) is 29.7 Å². The first-order valence-corrected chi connectivity index (χ1v) is 10.00. The first kappa shape index (κ1) is 18.5. The largest absolute Gasteiger partial charge is 0.496 e. The lowest BCUT2D eigenvalue weighted by atomic mass is 9.63. The van der Waals surface area contributed by atoms with Crippen molar-refractivity contribution in [2.24, 2.45) is 17.8 Å². The zero-order valence-electron chi connectivity index (χ0n) is 16.7. The molecule has 3 heteroatoms. The van der Waals surface area contributed by atoms with Crippen molar-refractivity contribution in [3.63, 3.8) is 0 Å². The van der Waals surface area contributed by atoms with Gasteiger partial charge in [-0.15, -0.1) is 0 Å². The first-order chi connectivity index (χ1) is 12.9. The summed E-state index contributed by atoms with van der Waals surface area (Å²) in [5.41, 5.74) is 3.23. The molecule has 1 saturated carbocycles. The minimum Gasteiger partial charge on any atom is -0.496 e. The van der Waals surface area contributed by atoms with Crippen LogP contribution in [-0.2, 0) is 4.74 Å². The summed E-state index contributed by atoms with van der Waals surface area (Å²) in [6.07, 6.45) is 1.79. The maximum absolute atomic E-state index is 10.6. The van der Waals surface area contributed by atoms with E-state index in [9.17, 15) is 5.11 Å². The number of hydrogen-bond donors (Lipinski definition) is 1. The summed E-state index contributed by atoms with van der Waals surface area (Å²) in [6, 6.07) is 16.7. The molecule has 1 aliphatic carbocycles. The van der Waals surface area contributed by atoms with E-state index >= 15 is 0 Å². The molecule has 27 heavy (non-hydrogen) atoms. The number of para-hydroxylation sites is 1. The van der Waals surface area contributed by atoms with E-state index < -0.39 is 0 Å². The Bertz CT molecular complexity index is 796. The summed E-state index contributed by atoms with van der Waals surface area (Å²) in [5.74, 6) is 1.94. The molecule has 2 aliphatic rings. The Kier molecular flexibility index (Phi) is 4.77. The van der Waals surface area contributed by atoms with E-state index in [-0.39, 0.29) is 23.7 Å². The number of aliphatic hydroxyl groups is 1. The van der Waals surface area contributed by atoms with Crippen molar-refractivity contribution in [2.45, 2.75) is 51.4 Å². The molecule has 2 fully saturated rings. The predicted molar refractivity (Wildman–Crippen MR) is 108 cm³/mol. The maximum Gasteiger partial charge on any atom is 0.126 e. The molecule has 5 atom stereocenters. The number of aliphatic hydroxyl groups excluding tert-OH is 1. The van der Waals surface area contributed by atoms with E-state index in [4.69, 9.17) is 9.47 Å². The molecule has 1 N–H and O–H groups in total. The third-order valence-corrected chi connectivity index (χ3v) is 6.82. The lowest BCUT2D eigenvalue weighted by Crippen LogP contribution is -2.52. The number of fused-ring (bicyclic) bond motifs is 2. The number of rotatable bonds is 3. The van der Waals surface area contributed by atoms with Gasteiger partial charge >= 0.3 is 0 Å². The maximum atomic E-state index is 10.6. The summed E-state index contributed by atoms with van der Waals surface area (Å²) in [5, 5.41) is 10.6. The zero-order valence-corrected chi connectivity index (χ0v) is 16.7. The molecule has 0 aromatic heterocycles. The molecule has 0 radical (unpaired) electrons. The summed E-state index contributed by atoms with van der Waals surface area (Å²) in [7, 11) is 1.71. The quantitative estimate of drug-likeness (QED) is 0.808. The Labute approximate surface area is 162 Å². The molecule has 1 heterocycles. The predicted octanol–water partition coefficient (Wildman–Crippen LogP) is 5.24. The molecule has 144 valence electrons. The molecule has 0 unspecified atom stereocenters. The van der Waals surface area contributed by atoms with Crippen LogP contribution in [0, 0.1) is 17.8 Å². The van der Waals surface area contributed by atoms with E-state index in [1.54, 1.807) is 7.11 Å². The third-order valence-electron chi connectivity index (χ3n) is 6.82. The smallest absolute Gasteiger partial charge is 0.126 e. The Morgan fingerprint density at radius 1 is 1.04 bits per heavy atom. The average Bonchev–Trinajstić information content (AvgIpc) is 2.68. The van der Waals surface area contributed by atoms with Gasteiger partial charge in [0.25, 0.3) is 0 Å². The third kappa shape index (κ3) is 3.28. The van der Waals surface area contributed by atoms with Gasteiger partial charge in [-0.1, -0.05) is 49.4 Å². The number of ether oxygens (including phenoxy) is 2. The highest BCUT2D eigenvalue weighted by atomic mass is 16.5. The van der Waals surface area contributed by atoms with Crippen LogP contribution in [0.2, 0.25) is 0 Å². The van der Waals surface area contributed by atoms with Gasteiger partial charge in [0.15, 0.2) is 0 Å². The van der Waals surface area contributed by atoms with Crippen LogP contribution >= 0.6 is 0 Å². The molecule has 3 nitrogen and oxygen atoms in total. The number of hydrogen-bond acceptors (Lipinski definition) is 3. The summed E-state index contributed by atoms with van der Waals surface area (Å²) in [4.78, 5) is 0. The molecule has 0 spiro atoms. The molecule has 2 aromatic carbocycles. The van der Waals surface area contributed by atoms with Crippen molar-refractivity contribution >= 4 is 0 Å². The Morgan fingerprint density at radius 2 is 1.74 bits per heavy atom. The normalized spacial score (nSPS) is 32.1. The second kappa shape index (κ2) is 6.96. The lowest BCUT2D eigenvalue weighted by molar-refractivity contribution is -0.215. The van der Waals surface area contributed by atoms with Crippen LogP contribution in [-0.4, -0.2) is 23.9 Å². The second-order valence-corrected chi connectivity index (χ2v) is 8.72. The standard InChI is InChI=1S/C24H30O3/c1-15-20-13-18(14-21(15)25)24(2,3)27-23(20)17-11-9-16(10-12-17)19-7-5-6-8-22(19)26-4/h5-12,15,18,20-21,23,25H,13-14H2,1-4H3/t15-,18-,20-,21-,23-/m0/s1. The Balaban J connectivity index is 1.65. The highest BCUT2D eigenvalue weighted by molar-refractivity contribution is 5.70. The number of benzene rings is 2. The fourth-order valence-corrected chi connectivity index (χ4v) is 4.96. The lowest BCUT2D eigenvalue weighted by Gasteiger charge is -2.53. The molecule has 2 bridgehead atoms. The van der Waals surface area contributed by atoms with E-state index in [1.165, 1.54) is 5.56 Å². The minimum absolute atomic E-state index is 0.0351. The van der Waals surface area contributed by atoms with Gasteiger partial charge in [0.1, 0.15) is 5.75 Å². The molecular weight excluding hydrogens is 336 g/mol. The van der Waals surface area contributed by atoms with Crippen molar-refractivity contribution < 1.29 is 14.6 Å². The van der Waals surface area contributed by atoms with E-state index in [2.05, 4.69) is 51.1 Å². The van der Waals surface area contributed by atoms with Crippen molar-refractivity contribution in [3.05, 3.63) is 54.1 Å². The highest BCUT2D eigenvalue weighted by Crippen LogP contribution is 2.53. The molecule has 2 aromatic rings. The SMILES string of the molecule is COc1ccccc1-c1ccc([C@@H]2OC(C)(C)[C@H]3C[C@H]2[C@H](C)[C@@H](O)C3)cc1. The summed E-state index contributed by atoms with van der Waals surface area (Å²) in [6.45, 7) is 6.52. The van der Waals surface area contributed by atoms with Gasteiger partial charge < -0.3 is 14.6 Å². The van der Waals surface area contributed by atoms with Crippen molar-refractivity contribution in [3.8, 4) is 16.9 Å². The van der Waals surface area contributed by atoms with Gasteiger partial charge in [0.05, 0.1) is 24.9 Å². The van der Waals surface area contributed by atoms with E-state index in [0.29, 0.717) is 11.8 Å². The van der Waals surface area contributed by atoms with Crippen molar-refractivity contribution in [2.75, 3.05) is 7.11 Å². The van der Waals surface area contributed by atoms with Gasteiger partial charge in [-0.05, 0) is 61.6 Å². The minimum atomic E-state index is -0.229. The molecular formula is C24H30O3. The summed E-state index contributed by atoms with van der Waals surface area (Å²) < 4.78 is 12.1. The van der Waals surface area contributed by atoms with Gasteiger partial charge in [-0.2, -0.15) is 0 Å².